The third kappa shape index (κ3) is 4.45. The molecule has 1 aromatic carbocycles. The Morgan fingerprint density at radius 3 is 2.80 bits per heavy atom. The summed E-state index contributed by atoms with van der Waals surface area (Å²) in [5.74, 6) is 0. The quantitative estimate of drug-likeness (QED) is 0.702. The molecule has 0 aliphatic carbocycles. The van der Waals surface area contributed by atoms with Gasteiger partial charge in [-0.15, -0.1) is 0 Å². The fraction of sp³-hybridized carbons (Fsp3) is 0.538. The Morgan fingerprint density at radius 2 is 2.13 bits per heavy atom. The highest BCUT2D eigenvalue weighted by atomic mass is 16.2. The van der Waals surface area contributed by atoms with Gasteiger partial charge in [-0.1, -0.05) is 29.8 Å². The molecule has 0 bridgehead atoms. The zero-order valence-electron chi connectivity index (χ0n) is 9.66. The Kier molecular flexibility index (Phi) is 5.37. The van der Waals surface area contributed by atoms with Crippen molar-refractivity contribution in [1.82, 2.24) is 5.32 Å². The Balaban J connectivity index is 2.36. The maximum atomic E-state index is 8.66. The first-order valence-corrected chi connectivity index (χ1v) is 5.65. The number of unbranched alkanes of at least 4 members (excludes halogenated alkanes) is 1. The number of nitrogens with one attached hydrogen (secondary N) is 1. The number of aryl methyl sites for hydroxylation is 1. The predicted octanol–water partition coefficient (Wildman–Crippen LogP) is 2.42. The van der Waals surface area contributed by atoms with Crippen molar-refractivity contribution in [3.8, 4) is 0 Å². The fourth-order valence-electron chi connectivity index (χ4n) is 1.61. The van der Waals surface area contributed by atoms with Crippen LogP contribution in [0, 0.1) is 6.92 Å². The highest BCUT2D eigenvalue weighted by molar-refractivity contribution is 5.24. The van der Waals surface area contributed by atoms with E-state index in [4.69, 9.17) is 5.11 Å². The molecular formula is C13H21NO. The molecule has 84 valence electrons. The van der Waals surface area contributed by atoms with Gasteiger partial charge in [-0.3, -0.25) is 0 Å². The number of benzene rings is 1. The van der Waals surface area contributed by atoms with E-state index < -0.39 is 0 Å². The average molecular weight is 207 g/mol. The van der Waals surface area contributed by atoms with Crippen molar-refractivity contribution in [2.45, 2.75) is 32.7 Å². The molecule has 1 atom stereocenters. The molecule has 0 fully saturated rings. The SMILES string of the molecule is Cc1cccc(C(C)NCCCCO)c1. The van der Waals surface area contributed by atoms with Crippen LogP contribution in [-0.2, 0) is 0 Å². The van der Waals surface area contributed by atoms with Gasteiger partial charge in [0.05, 0.1) is 0 Å². The smallest absolute Gasteiger partial charge is 0.0431 e. The molecule has 1 aromatic rings. The Bertz CT molecular complexity index is 286. The number of rotatable bonds is 6. The molecule has 0 aromatic heterocycles. The van der Waals surface area contributed by atoms with Gasteiger partial charge < -0.3 is 10.4 Å². The monoisotopic (exact) mass is 207 g/mol. The second kappa shape index (κ2) is 6.59. The normalized spacial score (nSPS) is 12.7. The molecule has 0 aliphatic heterocycles. The predicted molar refractivity (Wildman–Crippen MR) is 63.9 cm³/mol. The lowest BCUT2D eigenvalue weighted by molar-refractivity contribution is 0.283. The zero-order chi connectivity index (χ0) is 11.1. The first-order valence-electron chi connectivity index (χ1n) is 5.65. The molecule has 2 N–H and O–H groups in total. The number of hydrogen-bond acceptors (Lipinski definition) is 2. The lowest BCUT2D eigenvalue weighted by atomic mass is 10.1. The van der Waals surface area contributed by atoms with Crippen LogP contribution in [0.25, 0.3) is 0 Å². The van der Waals surface area contributed by atoms with Crippen molar-refractivity contribution in [2.24, 2.45) is 0 Å². The van der Waals surface area contributed by atoms with Gasteiger partial charge in [0, 0.05) is 12.6 Å². The molecule has 0 aliphatic rings. The van der Waals surface area contributed by atoms with Crippen LogP contribution in [-0.4, -0.2) is 18.3 Å². The summed E-state index contributed by atoms with van der Waals surface area (Å²) >= 11 is 0. The molecular weight excluding hydrogens is 186 g/mol. The fourth-order valence-corrected chi connectivity index (χ4v) is 1.61. The average Bonchev–Trinajstić information content (AvgIpc) is 2.24. The Labute approximate surface area is 92.3 Å². The summed E-state index contributed by atoms with van der Waals surface area (Å²) in [6.45, 7) is 5.55. The van der Waals surface area contributed by atoms with E-state index in [0.717, 1.165) is 19.4 Å². The van der Waals surface area contributed by atoms with Crippen LogP contribution in [0.3, 0.4) is 0 Å². The van der Waals surface area contributed by atoms with Crippen LogP contribution in [0.15, 0.2) is 24.3 Å². The van der Waals surface area contributed by atoms with Crippen LogP contribution in [0.5, 0.6) is 0 Å². The first kappa shape index (κ1) is 12.2. The zero-order valence-corrected chi connectivity index (χ0v) is 9.66. The summed E-state index contributed by atoms with van der Waals surface area (Å²) in [4.78, 5) is 0. The van der Waals surface area contributed by atoms with E-state index in [1.54, 1.807) is 0 Å². The lowest BCUT2D eigenvalue weighted by Gasteiger charge is -2.14. The summed E-state index contributed by atoms with van der Waals surface area (Å²) in [5.41, 5.74) is 2.63. The van der Waals surface area contributed by atoms with Gasteiger partial charge >= 0.3 is 0 Å². The minimum Gasteiger partial charge on any atom is -0.396 e. The molecule has 0 radical (unpaired) electrons. The van der Waals surface area contributed by atoms with Crippen molar-refractivity contribution in [3.05, 3.63) is 35.4 Å². The van der Waals surface area contributed by atoms with E-state index in [9.17, 15) is 0 Å². The molecule has 0 saturated carbocycles. The summed E-state index contributed by atoms with van der Waals surface area (Å²) < 4.78 is 0. The summed E-state index contributed by atoms with van der Waals surface area (Å²) in [7, 11) is 0. The van der Waals surface area contributed by atoms with Gasteiger partial charge in [-0.2, -0.15) is 0 Å². The summed E-state index contributed by atoms with van der Waals surface area (Å²) in [5, 5.41) is 12.1. The molecule has 1 unspecified atom stereocenters. The highest BCUT2D eigenvalue weighted by Crippen LogP contribution is 2.13. The third-order valence-corrected chi connectivity index (χ3v) is 2.58. The van der Waals surface area contributed by atoms with E-state index in [1.807, 2.05) is 0 Å². The summed E-state index contributed by atoms with van der Waals surface area (Å²) in [6.07, 6.45) is 1.92. The van der Waals surface area contributed by atoms with E-state index in [2.05, 4.69) is 43.4 Å². The van der Waals surface area contributed by atoms with Gasteiger partial charge in [-0.05, 0) is 38.8 Å². The molecule has 0 spiro atoms. The van der Waals surface area contributed by atoms with Gasteiger partial charge in [0.2, 0.25) is 0 Å². The molecule has 1 rings (SSSR count). The van der Waals surface area contributed by atoms with E-state index in [1.165, 1.54) is 11.1 Å². The molecule has 2 heteroatoms. The van der Waals surface area contributed by atoms with E-state index in [0.29, 0.717) is 12.6 Å². The minimum atomic E-state index is 0.292. The van der Waals surface area contributed by atoms with Crippen LogP contribution in [0.4, 0.5) is 0 Å². The first-order chi connectivity index (χ1) is 7.24. The van der Waals surface area contributed by atoms with Gasteiger partial charge in [0.1, 0.15) is 0 Å². The minimum absolute atomic E-state index is 0.292. The maximum Gasteiger partial charge on any atom is 0.0431 e. The van der Waals surface area contributed by atoms with Crippen molar-refractivity contribution >= 4 is 0 Å². The van der Waals surface area contributed by atoms with Gasteiger partial charge in [0.15, 0.2) is 0 Å². The summed E-state index contributed by atoms with van der Waals surface area (Å²) in [6, 6.07) is 8.96. The second-order valence-electron chi connectivity index (χ2n) is 4.02. The van der Waals surface area contributed by atoms with E-state index in [-0.39, 0.29) is 0 Å². The Hall–Kier alpha value is -0.860. The number of hydrogen-bond donors (Lipinski definition) is 2. The van der Waals surface area contributed by atoms with Gasteiger partial charge in [0.25, 0.3) is 0 Å². The van der Waals surface area contributed by atoms with Crippen molar-refractivity contribution in [1.29, 1.82) is 0 Å². The molecule has 2 nitrogen and oxygen atoms in total. The number of aliphatic hydroxyl groups excluding tert-OH is 1. The molecule has 0 saturated heterocycles. The third-order valence-electron chi connectivity index (χ3n) is 2.58. The molecule has 0 amide bonds. The van der Waals surface area contributed by atoms with Crippen molar-refractivity contribution < 1.29 is 5.11 Å². The largest absolute Gasteiger partial charge is 0.396 e. The van der Waals surface area contributed by atoms with E-state index >= 15 is 0 Å². The molecule has 15 heavy (non-hydrogen) atoms. The van der Waals surface area contributed by atoms with Crippen LogP contribution < -0.4 is 5.32 Å². The van der Waals surface area contributed by atoms with Crippen LogP contribution in [0.2, 0.25) is 0 Å². The standard InChI is InChI=1S/C13H21NO/c1-11-6-5-7-13(10-11)12(2)14-8-3-4-9-15/h5-7,10,12,14-15H,3-4,8-9H2,1-2H3. The number of aliphatic hydroxyl groups is 1. The lowest BCUT2D eigenvalue weighted by Crippen LogP contribution is -2.20. The van der Waals surface area contributed by atoms with Crippen LogP contribution >= 0.6 is 0 Å². The maximum absolute atomic E-state index is 8.66. The van der Waals surface area contributed by atoms with Gasteiger partial charge in [-0.25, -0.2) is 0 Å². The highest BCUT2D eigenvalue weighted by Gasteiger charge is 2.03. The van der Waals surface area contributed by atoms with Crippen molar-refractivity contribution in [3.63, 3.8) is 0 Å². The topological polar surface area (TPSA) is 32.3 Å². The van der Waals surface area contributed by atoms with Crippen molar-refractivity contribution in [2.75, 3.05) is 13.2 Å². The van der Waals surface area contributed by atoms with Crippen LogP contribution in [0.1, 0.15) is 36.9 Å². The molecule has 0 heterocycles. The second-order valence-corrected chi connectivity index (χ2v) is 4.02. The Morgan fingerprint density at radius 1 is 1.33 bits per heavy atom.